The van der Waals surface area contributed by atoms with E-state index in [4.69, 9.17) is 8.37 Å². The van der Waals surface area contributed by atoms with E-state index >= 15 is 0 Å². The van der Waals surface area contributed by atoms with E-state index in [1.54, 1.807) is 60.7 Å². The summed E-state index contributed by atoms with van der Waals surface area (Å²) in [5.41, 5.74) is 1.62. The Labute approximate surface area is 265 Å². The fourth-order valence-corrected chi connectivity index (χ4v) is 6.03. The number of benzene rings is 5. The molecule has 0 saturated carbocycles. The maximum atomic E-state index is 13.1. The highest BCUT2D eigenvalue weighted by atomic mass is 32.2. The highest BCUT2D eigenvalue weighted by Gasteiger charge is 2.23. The first kappa shape index (κ1) is 31.6. The van der Waals surface area contributed by atoms with Gasteiger partial charge >= 0.3 is 32.3 Å². The number of urea groups is 2. The first-order valence-corrected chi connectivity index (χ1v) is 16.3. The van der Waals surface area contributed by atoms with Crippen molar-refractivity contribution in [1.29, 1.82) is 0 Å². The van der Waals surface area contributed by atoms with Gasteiger partial charge in [-0.2, -0.15) is 16.8 Å². The summed E-state index contributed by atoms with van der Waals surface area (Å²) in [5, 5.41) is 10.5. The van der Waals surface area contributed by atoms with Crippen LogP contribution in [0, 0.1) is 0 Å². The van der Waals surface area contributed by atoms with Crippen LogP contribution in [0.5, 0.6) is 11.5 Å². The van der Waals surface area contributed by atoms with Gasteiger partial charge in [0.2, 0.25) is 0 Å². The Bertz CT molecular complexity index is 1930. The quantitative estimate of drug-likeness (QED) is 0.123. The summed E-state index contributed by atoms with van der Waals surface area (Å²) >= 11 is 0. The molecule has 5 aromatic carbocycles. The predicted octanol–water partition coefficient (Wildman–Crippen LogP) is 6.51. The fourth-order valence-electron chi connectivity index (χ4n) is 4.02. The molecule has 0 radical (unpaired) electrons. The molecule has 0 aliphatic rings. The van der Waals surface area contributed by atoms with Crippen molar-refractivity contribution in [3.63, 3.8) is 0 Å². The van der Waals surface area contributed by atoms with Gasteiger partial charge in [-0.3, -0.25) is 0 Å². The maximum Gasteiger partial charge on any atom is 0.339 e. The van der Waals surface area contributed by atoms with Crippen LogP contribution < -0.4 is 29.6 Å². The zero-order valence-corrected chi connectivity index (χ0v) is 25.4. The second kappa shape index (κ2) is 13.8. The summed E-state index contributed by atoms with van der Waals surface area (Å²) in [6.45, 7) is 0. The third-order valence-electron chi connectivity index (χ3n) is 6.04. The second-order valence-electron chi connectivity index (χ2n) is 9.50. The summed E-state index contributed by atoms with van der Waals surface area (Å²) in [5.74, 6) is -0.245. The Balaban J connectivity index is 1.25. The number of amides is 4. The van der Waals surface area contributed by atoms with E-state index in [0.29, 0.717) is 11.4 Å². The van der Waals surface area contributed by atoms with Gasteiger partial charge in [-0.1, -0.05) is 54.6 Å². The maximum absolute atomic E-state index is 13.1. The minimum Gasteiger partial charge on any atom is -0.379 e. The highest BCUT2D eigenvalue weighted by Crippen LogP contribution is 2.26. The predicted molar refractivity (Wildman–Crippen MR) is 173 cm³/mol. The first-order chi connectivity index (χ1) is 22.1. The van der Waals surface area contributed by atoms with Crippen LogP contribution in [0.4, 0.5) is 32.3 Å². The van der Waals surface area contributed by atoms with Gasteiger partial charge in [0, 0.05) is 34.9 Å². The molecule has 234 valence electrons. The van der Waals surface area contributed by atoms with Crippen molar-refractivity contribution >= 4 is 55.0 Å². The minimum absolute atomic E-state index is 0.123. The van der Waals surface area contributed by atoms with E-state index in [9.17, 15) is 26.4 Å². The minimum atomic E-state index is -4.51. The third-order valence-corrected chi connectivity index (χ3v) is 8.53. The number of hydrogen-bond acceptors (Lipinski definition) is 8. The topological polar surface area (TPSA) is 169 Å². The van der Waals surface area contributed by atoms with E-state index in [1.807, 2.05) is 0 Å². The molecule has 46 heavy (non-hydrogen) atoms. The number of anilines is 4. The molecule has 5 aromatic rings. The van der Waals surface area contributed by atoms with Gasteiger partial charge in [-0.25, -0.2) is 9.59 Å². The van der Waals surface area contributed by atoms with Gasteiger partial charge in [0.25, 0.3) is 0 Å². The lowest BCUT2D eigenvalue weighted by Gasteiger charge is -2.12. The summed E-state index contributed by atoms with van der Waals surface area (Å²) < 4.78 is 62.8. The molecule has 0 bridgehead atoms. The number of hydrogen-bond donors (Lipinski definition) is 4. The van der Waals surface area contributed by atoms with Gasteiger partial charge in [0.15, 0.2) is 0 Å². The first-order valence-electron chi connectivity index (χ1n) is 13.5. The number of carbonyl (C=O) groups is 2. The molecule has 0 unspecified atom stereocenters. The van der Waals surface area contributed by atoms with Crippen LogP contribution >= 0.6 is 0 Å². The third kappa shape index (κ3) is 8.62. The fraction of sp³-hybridized carbons (Fsp3) is 0. The van der Waals surface area contributed by atoms with Crippen molar-refractivity contribution in [2.75, 3.05) is 21.3 Å². The van der Waals surface area contributed by atoms with Crippen molar-refractivity contribution in [1.82, 2.24) is 0 Å². The van der Waals surface area contributed by atoms with Crippen LogP contribution in [0.15, 0.2) is 143 Å². The van der Waals surface area contributed by atoms with Crippen LogP contribution in [-0.2, 0) is 20.2 Å². The van der Waals surface area contributed by atoms with Crippen LogP contribution in [-0.4, -0.2) is 28.9 Å². The molecule has 0 aliphatic heterocycles. The van der Waals surface area contributed by atoms with E-state index < -0.39 is 42.1 Å². The second-order valence-corrected chi connectivity index (χ2v) is 12.6. The van der Waals surface area contributed by atoms with Gasteiger partial charge in [0.1, 0.15) is 21.3 Å². The van der Waals surface area contributed by atoms with E-state index in [1.165, 1.54) is 66.7 Å². The Morgan fingerprint density at radius 3 is 1.17 bits per heavy atom. The molecule has 0 heterocycles. The highest BCUT2D eigenvalue weighted by molar-refractivity contribution is 7.88. The van der Waals surface area contributed by atoms with Crippen LogP contribution in [0.25, 0.3) is 0 Å². The standard InChI is InChI=1S/C32H26N4O8S2/c37-31(33-23-10-3-1-4-11-23)35-25-14-7-16-27(20-25)43-45(39,40)29-18-9-19-30(22-29)46(41,42)44-28-17-8-15-26(21-28)36-32(38)34-24-12-5-2-6-13-24/h1-22H,(H2,33,35,37)(H2,34,36,38). The van der Waals surface area contributed by atoms with Crippen LogP contribution in [0.2, 0.25) is 0 Å². The Kier molecular flexibility index (Phi) is 9.50. The van der Waals surface area contributed by atoms with Gasteiger partial charge < -0.3 is 29.6 Å². The largest absolute Gasteiger partial charge is 0.379 e. The molecule has 4 amide bonds. The normalized spacial score (nSPS) is 11.1. The molecular formula is C32H26N4O8S2. The molecule has 0 aromatic heterocycles. The SMILES string of the molecule is O=C(Nc1ccccc1)Nc1cccc(OS(=O)(=O)c2cccc(S(=O)(=O)Oc3cccc(NC(=O)Nc4ccccc4)c3)c2)c1. The molecule has 0 spiro atoms. The zero-order valence-electron chi connectivity index (χ0n) is 23.8. The molecule has 0 saturated heterocycles. The summed E-state index contributed by atoms with van der Waals surface area (Å²) in [6.07, 6.45) is 0. The molecule has 4 N–H and O–H groups in total. The van der Waals surface area contributed by atoms with Gasteiger partial charge in [-0.05, 0) is 66.7 Å². The molecule has 5 rings (SSSR count). The number of rotatable bonds is 10. The Morgan fingerprint density at radius 2 is 0.761 bits per heavy atom. The monoisotopic (exact) mass is 658 g/mol. The van der Waals surface area contributed by atoms with Crippen molar-refractivity contribution in [3.8, 4) is 11.5 Å². The van der Waals surface area contributed by atoms with Crippen molar-refractivity contribution in [2.24, 2.45) is 0 Å². The summed E-state index contributed by atoms with van der Waals surface area (Å²) in [7, 11) is -9.02. The number of para-hydroxylation sites is 2. The van der Waals surface area contributed by atoms with Crippen LogP contribution in [0.3, 0.4) is 0 Å². The smallest absolute Gasteiger partial charge is 0.339 e. The molecule has 14 heteroatoms. The molecule has 0 atom stereocenters. The average Bonchev–Trinajstić information content (AvgIpc) is 3.02. The lowest BCUT2D eigenvalue weighted by atomic mass is 10.3. The molecule has 0 fully saturated rings. The summed E-state index contributed by atoms with van der Waals surface area (Å²) in [4.78, 5) is 23.7. The number of nitrogens with one attached hydrogen (secondary N) is 4. The lowest BCUT2D eigenvalue weighted by Crippen LogP contribution is -2.19. The Morgan fingerprint density at radius 1 is 0.413 bits per heavy atom. The average molecular weight is 659 g/mol. The van der Waals surface area contributed by atoms with Crippen molar-refractivity contribution in [3.05, 3.63) is 133 Å². The van der Waals surface area contributed by atoms with Gasteiger partial charge in [-0.15, -0.1) is 0 Å². The van der Waals surface area contributed by atoms with E-state index in [-0.39, 0.29) is 22.9 Å². The van der Waals surface area contributed by atoms with Crippen molar-refractivity contribution < 1.29 is 34.8 Å². The van der Waals surface area contributed by atoms with Crippen LogP contribution in [0.1, 0.15) is 0 Å². The number of carbonyl (C=O) groups excluding carboxylic acids is 2. The molecule has 12 nitrogen and oxygen atoms in total. The van der Waals surface area contributed by atoms with E-state index in [0.717, 1.165) is 6.07 Å². The Hall–Kier alpha value is -5.86. The molecule has 0 aliphatic carbocycles. The molecular weight excluding hydrogens is 633 g/mol. The lowest BCUT2D eigenvalue weighted by molar-refractivity contribution is 0.261. The van der Waals surface area contributed by atoms with E-state index in [2.05, 4.69) is 21.3 Å². The van der Waals surface area contributed by atoms with Crippen molar-refractivity contribution in [2.45, 2.75) is 9.79 Å². The zero-order chi connectivity index (χ0) is 32.6. The van der Waals surface area contributed by atoms with Gasteiger partial charge in [0.05, 0.1) is 0 Å². The summed E-state index contributed by atoms with van der Waals surface area (Å²) in [6, 6.07) is 32.1.